The van der Waals surface area contributed by atoms with Crippen LogP contribution in [0.25, 0.3) is 31.3 Å². The van der Waals surface area contributed by atoms with E-state index in [1.54, 1.807) is 6.92 Å². The largest absolute Gasteiger partial charge is 0.467 e. The third-order valence-corrected chi connectivity index (χ3v) is 18.2. The number of hydrogen-bond donors (Lipinski definition) is 6. The lowest BCUT2D eigenvalue weighted by atomic mass is 9.96. The van der Waals surface area contributed by atoms with Crippen molar-refractivity contribution >= 4 is 17.9 Å². The van der Waals surface area contributed by atoms with Gasteiger partial charge in [-0.25, -0.2) is 14.4 Å². The summed E-state index contributed by atoms with van der Waals surface area (Å²) in [5, 5.41) is 78.6. The molecule has 3 rings (SSSR count). The van der Waals surface area contributed by atoms with Crippen molar-refractivity contribution in [2.75, 3.05) is 114 Å². The third-order valence-electron chi connectivity index (χ3n) is 18.2. The summed E-state index contributed by atoms with van der Waals surface area (Å²) < 4.78 is 130. The van der Waals surface area contributed by atoms with Crippen LogP contribution < -0.4 is 0 Å². The molecule has 0 bridgehead atoms. The molecule has 3 fully saturated rings. The first-order chi connectivity index (χ1) is 52.8. The molecule has 26 atom stereocenters. The molecule has 3 heterocycles. The number of esters is 3. The summed E-state index contributed by atoms with van der Waals surface area (Å²) in [6, 6.07) is -4.22. The van der Waals surface area contributed by atoms with Crippen molar-refractivity contribution in [2.24, 2.45) is 15.3 Å². The molecule has 632 valence electrons. The van der Waals surface area contributed by atoms with Gasteiger partial charge in [0.2, 0.25) is 0 Å². The average Bonchev–Trinajstić information content (AvgIpc) is 0.786. The van der Waals surface area contributed by atoms with Crippen molar-refractivity contribution in [1.82, 2.24) is 0 Å². The van der Waals surface area contributed by atoms with E-state index in [9.17, 15) is 61.6 Å². The van der Waals surface area contributed by atoms with Crippen molar-refractivity contribution in [3.8, 4) is 0 Å². The number of azide groups is 3. The first kappa shape index (κ1) is 98.6. The normalized spacial score (nSPS) is 27.0. The van der Waals surface area contributed by atoms with E-state index in [0.29, 0.717) is 77.2 Å². The highest BCUT2D eigenvalue weighted by Crippen LogP contribution is 2.37. The van der Waals surface area contributed by atoms with Crippen LogP contribution >= 0.6 is 0 Å². The van der Waals surface area contributed by atoms with Gasteiger partial charge in [0.1, 0.15) is 67.0 Å². The fourth-order valence-electron chi connectivity index (χ4n) is 12.0. The fraction of sp³-hybridized carbons (Fsp3) is 0.957. The standard InChI is InChI=1S/C70H127N9O30/c1-14-21-28-92-42(8)54(95-31-24-17-4)63(66(86)89-11)105-50(39-84)103-59-47(36-81)100-69(52(75-78-72)61(59)97-33-26-19-6)109-56(44(10)94-30-23-16-3)65(68(88)91-13)107-51(40-85)104-60-48(37-82)101-70(53(76-79-73)62(60)98-34-27-20-7)108-55(43(9)93-29-22-15-2)64(67(87)90-12)106-49(38-83)102-58-46(35-80)99-41-45(74-77-71)57(58)96-32-25-18-5/h42-65,69-70,80-85H,14-41H2,1-13H3/t42-,43-,44-,45+,46?,47?,48?,49?,50?,51?,52-,53-,54-,55+,56+,57?,58-,59-,60-,61?,62?,63?,64?,65?,69-,70-/m0/s1. The van der Waals surface area contributed by atoms with Crippen molar-refractivity contribution in [3.63, 3.8) is 0 Å². The van der Waals surface area contributed by atoms with Gasteiger partial charge in [0.05, 0.1) is 110 Å². The number of carbonyl (C=O) groups is 3. The minimum absolute atomic E-state index is 0.00203. The summed E-state index contributed by atoms with van der Waals surface area (Å²) in [5.74, 6) is -3.14. The molecule has 0 aliphatic carbocycles. The third kappa shape index (κ3) is 31.9. The van der Waals surface area contributed by atoms with Crippen LogP contribution in [0.3, 0.4) is 0 Å². The molecule has 3 aliphatic rings. The molecule has 3 saturated heterocycles. The number of aliphatic hydroxyl groups is 6. The number of rotatable bonds is 62. The van der Waals surface area contributed by atoms with E-state index in [1.807, 2.05) is 48.5 Å². The first-order valence-corrected chi connectivity index (χ1v) is 38.3. The van der Waals surface area contributed by atoms with E-state index >= 15 is 0 Å². The van der Waals surface area contributed by atoms with Crippen molar-refractivity contribution in [3.05, 3.63) is 31.3 Å². The molecule has 0 aromatic rings. The number of carbonyl (C=O) groups excluding carboxylic acids is 3. The minimum atomic E-state index is -2.01. The second-order valence-corrected chi connectivity index (χ2v) is 26.3. The van der Waals surface area contributed by atoms with Gasteiger partial charge in [-0.1, -0.05) is 109 Å². The Kier molecular flexibility index (Phi) is 51.9. The lowest BCUT2D eigenvalue weighted by Crippen LogP contribution is -2.64. The first-order valence-electron chi connectivity index (χ1n) is 38.3. The Morgan fingerprint density at radius 2 is 0.706 bits per heavy atom. The van der Waals surface area contributed by atoms with Crippen molar-refractivity contribution in [2.45, 2.75) is 319 Å². The summed E-state index contributed by atoms with van der Waals surface area (Å²) in [5.41, 5.74) is 30.2. The lowest BCUT2D eigenvalue weighted by Gasteiger charge is -2.47. The molecule has 0 spiro atoms. The molecule has 0 aromatic carbocycles. The number of nitrogens with zero attached hydrogens (tertiary/aromatic N) is 9. The quantitative estimate of drug-likeness (QED) is 0.00801. The van der Waals surface area contributed by atoms with Gasteiger partial charge < -0.3 is 130 Å². The van der Waals surface area contributed by atoms with E-state index in [-0.39, 0.29) is 46.2 Å². The van der Waals surface area contributed by atoms with Gasteiger partial charge >= 0.3 is 17.9 Å². The van der Waals surface area contributed by atoms with Gasteiger partial charge in [-0.15, -0.1) is 0 Å². The molecular weight excluding hydrogens is 1450 g/mol. The van der Waals surface area contributed by atoms with E-state index < -0.39 is 217 Å². The van der Waals surface area contributed by atoms with Gasteiger partial charge in [0.15, 0.2) is 49.8 Å². The minimum Gasteiger partial charge on any atom is -0.467 e. The maximum absolute atomic E-state index is 14.6. The zero-order chi connectivity index (χ0) is 80.6. The van der Waals surface area contributed by atoms with Gasteiger partial charge in [0.25, 0.3) is 0 Å². The predicted molar refractivity (Wildman–Crippen MR) is 384 cm³/mol. The Bertz CT molecular complexity index is 2590. The van der Waals surface area contributed by atoms with Gasteiger partial charge in [-0.3, -0.25) is 0 Å². The topological polar surface area (TPSA) is 513 Å². The average molecular weight is 1570 g/mol. The monoisotopic (exact) mass is 1570 g/mol. The molecule has 0 saturated carbocycles. The lowest BCUT2D eigenvalue weighted by molar-refractivity contribution is -0.344. The van der Waals surface area contributed by atoms with Crippen LogP contribution in [0, 0.1) is 0 Å². The predicted octanol–water partition coefficient (Wildman–Crippen LogP) is 5.76. The van der Waals surface area contributed by atoms with Crippen LogP contribution in [-0.4, -0.2) is 322 Å². The van der Waals surface area contributed by atoms with Crippen molar-refractivity contribution in [1.29, 1.82) is 0 Å². The van der Waals surface area contributed by atoms with Gasteiger partial charge in [-0.05, 0) is 82.3 Å². The second-order valence-electron chi connectivity index (χ2n) is 26.3. The summed E-state index contributed by atoms with van der Waals surface area (Å²) >= 11 is 0. The molecular formula is C70H127N9O30. The molecule has 0 aromatic heterocycles. The molecule has 12 unspecified atom stereocenters. The molecule has 39 nitrogen and oxygen atoms in total. The zero-order valence-corrected chi connectivity index (χ0v) is 65.8. The van der Waals surface area contributed by atoms with E-state index in [1.165, 1.54) is 13.8 Å². The van der Waals surface area contributed by atoms with Crippen molar-refractivity contribution < 1.29 is 144 Å². The Hall–Kier alpha value is -4.62. The second kappa shape index (κ2) is 57.4. The summed E-state index contributed by atoms with van der Waals surface area (Å²) in [4.78, 5) is 51.7. The van der Waals surface area contributed by atoms with Crippen LogP contribution in [0.5, 0.6) is 0 Å². The maximum Gasteiger partial charge on any atom is 0.337 e. The highest BCUT2D eigenvalue weighted by atomic mass is 16.8. The molecule has 3 aliphatic heterocycles. The van der Waals surface area contributed by atoms with E-state index in [0.717, 1.165) is 40.6 Å². The van der Waals surface area contributed by atoms with Crippen LogP contribution in [0.15, 0.2) is 15.3 Å². The number of unbranched alkanes of at least 4 members (excludes halogenated alkanes) is 7. The van der Waals surface area contributed by atoms with E-state index in [4.69, 9.17) is 99.5 Å². The van der Waals surface area contributed by atoms with Gasteiger partial charge in [-0.2, -0.15) is 0 Å². The Balaban J connectivity index is 2.24. The molecule has 0 radical (unpaired) electrons. The molecule has 109 heavy (non-hydrogen) atoms. The zero-order valence-electron chi connectivity index (χ0n) is 65.8. The van der Waals surface area contributed by atoms with Crippen LogP contribution in [0.4, 0.5) is 0 Å². The highest BCUT2D eigenvalue weighted by Gasteiger charge is 2.55. The van der Waals surface area contributed by atoms with E-state index in [2.05, 4.69) is 30.1 Å². The summed E-state index contributed by atoms with van der Waals surface area (Å²) in [7, 11) is 3.24. The Morgan fingerprint density at radius 3 is 1.02 bits per heavy atom. The number of aliphatic hydroxyl groups excluding tert-OH is 6. The summed E-state index contributed by atoms with van der Waals surface area (Å²) in [6.07, 6.45) is -26.1. The number of methoxy groups -OCH3 is 3. The Morgan fingerprint density at radius 1 is 0.404 bits per heavy atom. The maximum atomic E-state index is 14.6. The van der Waals surface area contributed by atoms with Gasteiger partial charge in [0, 0.05) is 61.0 Å². The highest BCUT2D eigenvalue weighted by molar-refractivity contribution is 5.76. The number of hydrogen-bond acceptors (Lipinski definition) is 33. The van der Waals surface area contributed by atoms with Crippen LogP contribution in [0.1, 0.15) is 159 Å². The van der Waals surface area contributed by atoms with Crippen LogP contribution in [0.2, 0.25) is 0 Å². The SMILES string of the molecule is CCCCOC1[C@@H](OC(CO)OC(C(=O)OC)[C@H](O[C@@H]2OC(CO)[C@H](OC(CO)OC(C(=O)OC)[C@H](O[C@@H]3OC(CO)[C@H](OC(CO)OC(C(=O)OC)[C@@H](OCCCC)[C@H](C)OCCCC)C(OCCCC)[C@@H]3N=[N+]=[N-])[C@H](C)OCCCC)C(OCCCC)[C@@H]2N=[N+]=[N-])[C@H](C)OCCCC)C(CO)OC[C@H]1N=[N+]=[N-]. The smallest absolute Gasteiger partial charge is 0.337 e. The summed E-state index contributed by atoms with van der Waals surface area (Å²) in [6.45, 7) is 13.6. The molecule has 6 N–H and O–H groups in total. The number of ether oxygens (including phenoxy) is 21. The fourth-order valence-corrected chi connectivity index (χ4v) is 12.0. The Labute approximate surface area is 639 Å². The molecule has 0 amide bonds. The van der Waals surface area contributed by atoms with Crippen LogP contribution in [-0.2, 0) is 114 Å². The molecule has 39 heteroatoms.